The summed E-state index contributed by atoms with van der Waals surface area (Å²) in [6.07, 6.45) is 7.73. The summed E-state index contributed by atoms with van der Waals surface area (Å²) < 4.78 is 0. The van der Waals surface area contributed by atoms with Crippen molar-refractivity contribution in [2.45, 2.75) is 51.7 Å². The number of nitrogens with one attached hydrogen (secondary N) is 1. The fourth-order valence-corrected chi connectivity index (χ4v) is 1.13. The van der Waals surface area contributed by atoms with Crippen LogP contribution in [0.1, 0.15) is 40.0 Å². The minimum atomic E-state index is -0.593. The third-order valence-corrected chi connectivity index (χ3v) is 2.60. The molecule has 1 unspecified atom stereocenters. The van der Waals surface area contributed by atoms with Gasteiger partial charge in [-0.05, 0) is 19.3 Å². The van der Waals surface area contributed by atoms with Gasteiger partial charge < -0.3 is 10.4 Å². The Morgan fingerprint density at radius 3 is 2.23 bits per heavy atom. The number of aliphatic hydroxyl groups is 1. The van der Waals surface area contributed by atoms with Gasteiger partial charge in [0.25, 0.3) is 0 Å². The molecule has 0 saturated heterocycles. The van der Waals surface area contributed by atoms with Crippen LogP contribution in [0, 0.1) is 12.3 Å². The molecule has 0 aliphatic rings. The highest BCUT2D eigenvalue weighted by Gasteiger charge is 2.22. The van der Waals surface area contributed by atoms with E-state index >= 15 is 0 Å². The van der Waals surface area contributed by atoms with E-state index in [2.05, 4.69) is 11.2 Å². The minimum Gasteiger partial charge on any atom is -0.389 e. The van der Waals surface area contributed by atoms with E-state index in [1.807, 2.05) is 20.8 Å². The van der Waals surface area contributed by atoms with Gasteiger partial charge in [0.1, 0.15) is 0 Å². The Hall–Kier alpha value is -0.520. The maximum Gasteiger partial charge on any atom is 0.0766 e. The normalized spacial score (nSPS) is 13.8. The van der Waals surface area contributed by atoms with Crippen molar-refractivity contribution in [3.63, 3.8) is 0 Å². The second-order valence-corrected chi connectivity index (χ2v) is 3.44. The zero-order valence-electron chi connectivity index (χ0n) is 8.93. The van der Waals surface area contributed by atoms with Crippen molar-refractivity contribution in [2.75, 3.05) is 6.54 Å². The molecule has 0 rings (SSSR count). The Balaban J connectivity index is 3.92. The molecule has 0 aromatic heterocycles. The van der Waals surface area contributed by atoms with Crippen LogP contribution in [0.3, 0.4) is 0 Å². The highest BCUT2D eigenvalue weighted by Crippen LogP contribution is 2.13. The minimum absolute atomic E-state index is 0.0876. The number of hydrogen-bond acceptors (Lipinski definition) is 2. The van der Waals surface area contributed by atoms with E-state index < -0.39 is 5.60 Å². The number of hydrogen-bond donors (Lipinski definition) is 2. The van der Waals surface area contributed by atoms with Crippen LogP contribution < -0.4 is 5.32 Å². The first-order chi connectivity index (χ1) is 6.11. The second-order valence-electron chi connectivity index (χ2n) is 3.44. The van der Waals surface area contributed by atoms with Crippen molar-refractivity contribution < 1.29 is 5.11 Å². The highest BCUT2D eigenvalue weighted by molar-refractivity contribution is 4.98. The van der Waals surface area contributed by atoms with Crippen LogP contribution in [0.25, 0.3) is 0 Å². The van der Waals surface area contributed by atoms with Crippen molar-refractivity contribution in [3.05, 3.63) is 0 Å². The summed E-state index contributed by atoms with van der Waals surface area (Å²) in [5.41, 5.74) is -0.593. The van der Waals surface area contributed by atoms with Crippen LogP contribution in [-0.4, -0.2) is 23.3 Å². The van der Waals surface area contributed by atoms with Gasteiger partial charge in [0.05, 0.1) is 11.6 Å². The molecule has 0 heterocycles. The molecule has 2 heteroatoms. The Morgan fingerprint density at radius 1 is 1.38 bits per heavy atom. The summed E-state index contributed by atoms with van der Waals surface area (Å²) in [4.78, 5) is 0. The zero-order chi connectivity index (χ0) is 10.3. The van der Waals surface area contributed by atoms with Gasteiger partial charge in [-0.2, -0.15) is 0 Å². The maximum atomic E-state index is 9.94. The average Bonchev–Trinajstić information content (AvgIpc) is 2.19. The second kappa shape index (κ2) is 6.01. The fourth-order valence-electron chi connectivity index (χ4n) is 1.13. The van der Waals surface area contributed by atoms with Crippen LogP contribution in [0.15, 0.2) is 0 Å². The van der Waals surface area contributed by atoms with Gasteiger partial charge in [0.15, 0.2) is 0 Å². The van der Waals surface area contributed by atoms with E-state index in [1.165, 1.54) is 0 Å². The molecule has 0 spiro atoms. The Labute approximate surface area is 81.7 Å². The summed E-state index contributed by atoms with van der Waals surface area (Å²) >= 11 is 0. The first kappa shape index (κ1) is 12.5. The SMILES string of the molecule is C#CC(CC)NCC(O)(CC)CC. The van der Waals surface area contributed by atoms with Crippen LogP contribution in [0.2, 0.25) is 0 Å². The van der Waals surface area contributed by atoms with Crippen LogP contribution in [0.4, 0.5) is 0 Å². The lowest BCUT2D eigenvalue weighted by atomic mass is 9.97. The van der Waals surface area contributed by atoms with E-state index in [-0.39, 0.29) is 6.04 Å². The third kappa shape index (κ3) is 4.31. The fraction of sp³-hybridized carbons (Fsp3) is 0.818. The maximum absolute atomic E-state index is 9.94. The first-order valence-electron chi connectivity index (χ1n) is 5.03. The van der Waals surface area contributed by atoms with E-state index in [0.717, 1.165) is 19.3 Å². The van der Waals surface area contributed by atoms with Gasteiger partial charge in [0.2, 0.25) is 0 Å². The summed E-state index contributed by atoms with van der Waals surface area (Å²) in [5, 5.41) is 13.1. The summed E-state index contributed by atoms with van der Waals surface area (Å²) in [6, 6.07) is 0.0876. The quantitative estimate of drug-likeness (QED) is 0.612. The van der Waals surface area contributed by atoms with Gasteiger partial charge in [-0.3, -0.25) is 0 Å². The molecule has 2 nitrogen and oxygen atoms in total. The number of rotatable bonds is 6. The topological polar surface area (TPSA) is 32.3 Å². The standard InChI is InChI=1S/C11H21NO/c1-5-10(6-2)12-9-11(13,7-3)8-4/h1,10,12-13H,6-9H2,2-4H3. The van der Waals surface area contributed by atoms with Gasteiger partial charge in [-0.15, -0.1) is 6.42 Å². The van der Waals surface area contributed by atoms with E-state index in [9.17, 15) is 5.11 Å². The Morgan fingerprint density at radius 2 is 1.92 bits per heavy atom. The molecule has 0 aromatic rings. The molecule has 0 amide bonds. The van der Waals surface area contributed by atoms with E-state index in [4.69, 9.17) is 6.42 Å². The van der Waals surface area contributed by atoms with Crippen LogP contribution >= 0.6 is 0 Å². The van der Waals surface area contributed by atoms with Gasteiger partial charge >= 0.3 is 0 Å². The predicted octanol–water partition coefficient (Wildman–Crippen LogP) is 1.54. The highest BCUT2D eigenvalue weighted by atomic mass is 16.3. The molecule has 0 aliphatic carbocycles. The Bertz CT molecular complexity index is 167. The lowest BCUT2D eigenvalue weighted by Gasteiger charge is -2.27. The van der Waals surface area contributed by atoms with Crippen LogP contribution in [0.5, 0.6) is 0 Å². The molecule has 76 valence electrons. The first-order valence-corrected chi connectivity index (χ1v) is 5.03. The average molecular weight is 183 g/mol. The molecule has 1 atom stereocenters. The molecule has 13 heavy (non-hydrogen) atoms. The predicted molar refractivity (Wildman–Crippen MR) is 56.4 cm³/mol. The van der Waals surface area contributed by atoms with Gasteiger partial charge in [-0.1, -0.05) is 26.7 Å². The van der Waals surface area contributed by atoms with E-state index in [1.54, 1.807) is 0 Å². The molecular weight excluding hydrogens is 162 g/mol. The lowest BCUT2D eigenvalue weighted by Crippen LogP contribution is -2.43. The van der Waals surface area contributed by atoms with Crippen molar-refractivity contribution in [1.29, 1.82) is 0 Å². The van der Waals surface area contributed by atoms with Crippen molar-refractivity contribution in [1.82, 2.24) is 5.32 Å². The number of terminal acetylenes is 1. The van der Waals surface area contributed by atoms with Gasteiger partial charge in [-0.25, -0.2) is 0 Å². The molecule has 0 aliphatic heterocycles. The monoisotopic (exact) mass is 183 g/mol. The lowest BCUT2D eigenvalue weighted by molar-refractivity contribution is 0.0312. The van der Waals surface area contributed by atoms with E-state index in [0.29, 0.717) is 6.54 Å². The van der Waals surface area contributed by atoms with Crippen molar-refractivity contribution in [3.8, 4) is 12.3 Å². The van der Waals surface area contributed by atoms with Crippen molar-refractivity contribution in [2.24, 2.45) is 0 Å². The third-order valence-electron chi connectivity index (χ3n) is 2.60. The van der Waals surface area contributed by atoms with Gasteiger partial charge in [0, 0.05) is 6.54 Å². The summed E-state index contributed by atoms with van der Waals surface area (Å²) in [7, 11) is 0. The molecule has 0 fully saturated rings. The molecular formula is C11H21NO. The summed E-state index contributed by atoms with van der Waals surface area (Å²) in [5.74, 6) is 2.65. The van der Waals surface area contributed by atoms with Crippen molar-refractivity contribution >= 4 is 0 Å². The smallest absolute Gasteiger partial charge is 0.0766 e. The molecule has 0 bridgehead atoms. The van der Waals surface area contributed by atoms with Crippen LogP contribution in [-0.2, 0) is 0 Å². The molecule has 2 N–H and O–H groups in total. The summed E-state index contributed by atoms with van der Waals surface area (Å²) in [6.45, 7) is 6.60. The molecule has 0 aromatic carbocycles. The molecule has 0 saturated carbocycles. The zero-order valence-corrected chi connectivity index (χ0v) is 8.93. The Kier molecular flexibility index (Phi) is 5.77. The largest absolute Gasteiger partial charge is 0.389 e. The molecule has 0 radical (unpaired) electrons.